The van der Waals surface area contributed by atoms with E-state index >= 15 is 0 Å². The minimum Gasteiger partial charge on any atom is -0.345 e. The molecule has 0 aliphatic carbocycles. The first-order valence-corrected chi connectivity index (χ1v) is 5.59. The van der Waals surface area contributed by atoms with Gasteiger partial charge in [0.1, 0.15) is 0 Å². The lowest BCUT2D eigenvalue weighted by molar-refractivity contribution is -0.118. The number of rotatable bonds is 2. The van der Waals surface area contributed by atoms with Gasteiger partial charge < -0.3 is 5.32 Å². The third-order valence-electron chi connectivity index (χ3n) is 2.29. The molecule has 0 atom stereocenters. The van der Waals surface area contributed by atoms with E-state index in [0.29, 0.717) is 6.54 Å². The molecular weight excluding hydrogens is 226 g/mol. The lowest BCUT2D eigenvalue weighted by Gasteiger charge is -2.00. The van der Waals surface area contributed by atoms with Crippen LogP contribution < -0.4 is 5.32 Å². The molecule has 1 N–H and O–H groups in total. The lowest BCUT2D eigenvalue weighted by Crippen LogP contribution is -2.19. The predicted octanol–water partition coefficient (Wildman–Crippen LogP) is 1.36. The third kappa shape index (κ3) is 3.22. The molecule has 1 heterocycles. The van der Waals surface area contributed by atoms with E-state index in [4.69, 9.17) is 0 Å². The van der Waals surface area contributed by atoms with Gasteiger partial charge in [-0.2, -0.15) is 5.10 Å². The van der Waals surface area contributed by atoms with Crippen molar-refractivity contribution in [2.45, 2.75) is 6.92 Å². The fourth-order valence-corrected chi connectivity index (χ4v) is 1.43. The molecule has 0 fully saturated rings. The molecule has 1 aromatic carbocycles. The lowest BCUT2D eigenvalue weighted by atomic mass is 10.2. The zero-order chi connectivity index (χ0) is 12.8. The van der Waals surface area contributed by atoms with Crippen molar-refractivity contribution in [1.82, 2.24) is 15.1 Å². The van der Waals surface area contributed by atoms with Crippen LogP contribution in [0.15, 0.2) is 42.7 Å². The highest BCUT2D eigenvalue weighted by atomic mass is 16.1. The van der Waals surface area contributed by atoms with Crippen LogP contribution >= 0.6 is 0 Å². The Morgan fingerprint density at radius 1 is 1.39 bits per heavy atom. The van der Waals surface area contributed by atoms with E-state index in [0.717, 1.165) is 11.3 Å². The van der Waals surface area contributed by atoms with Crippen LogP contribution in [0, 0.1) is 11.8 Å². The molecular formula is C14H13N3O. The Labute approximate surface area is 106 Å². The Hall–Kier alpha value is -2.54. The summed E-state index contributed by atoms with van der Waals surface area (Å²) >= 11 is 0. The number of hydrogen-bond donors (Lipinski definition) is 1. The second-order valence-corrected chi connectivity index (χ2v) is 3.71. The second-order valence-electron chi connectivity index (χ2n) is 3.71. The molecule has 0 spiro atoms. The predicted molar refractivity (Wildman–Crippen MR) is 69.1 cm³/mol. The zero-order valence-electron chi connectivity index (χ0n) is 10.1. The summed E-state index contributed by atoms with van der Waals surface area (Å²) in [5.74, 6) is 5.79. The number of benzene rings is 1. The molecule has 2 rings (SSSR count). The number of aromatic nitrogens is 2. The molecule has 1 amide bonds. The first kappa shape index (κ1) is 11.9. The van der Waals surface area contributed by atoms with Gasteiger partial charge in [0, 0.05) is 24.9 Å². The first-order valence-electron chi connectivity index (χ1n) is 5.59. The maximum Gasteiger partial charge on any atom is 0.217 e. The van der Waals surface area contributed by atoms with Gasteiger partial charge in [-0.15, -0.1) is 0 Å². The smallest absolute Gasteiger partial charge is 0.217 e. The van der Waals surface area contributed by atoms with Gasteiger partial charge in [-0.1, -0.05) is 11.8 Å². The van der Waals surface area contributed by atoms with Gasteiger partial charge in [-0.3, -0.25) is 4.79 Å². The van der Waals surface area contributed by atoms with E-state index in [1.54, 1.807) is 10.9 Å². The van der Waals surface area contributed by atoms with Crippen molar-refractivity contribution >= 4 is 5.91 Å². The van der Waals surface area contributed by atoms with Crippen molar-refractivity contribution in [3.63, 3.8) is 0 Å². The maximum absolute atomic E-state index is 10.6. The Balaban J connectivity index is 2.02. The summed E-state index contributed by atoms with van der Waals surface area (Å²) in [6.45, 7) is 1.84. The van der Waals surface area contributed by atoms with Crippen LogP contribution in [0.5, 0.6) is 0 Å². The summed E-state index contributed by atoms with van der Waals surface area (Å²) in [6.07, 6.45) is 3.62. The molecule has 0 saturated carbocycles. The van der Waals surface area contributed by atoms with E-state index in [9.17, 15) is 4.79 Å². The summed E-state index contributed by atoms with van der Waals surface area (Å²) in [5, 5.41) is 6.77. The van der Waals surface area contributed by atoms with Gasteiger partial charge >= 0.3 is 0 Å². The quantitative estimate of drug-likeness (QED) is 0.804. The molecule has 18 heavy (non-hydrogen) atoms. The van der Waals surface area contributed by atoms with Crippen molar-refractivity contribution in [3.8, 4) is 17.5 Å². The molecule has 0 saturated heterocycles. The van der Waals surface area contributed by atoms with Gasteiger partial charge in [0.25, 0.3) is 0 Å². The van der Waals surface area contributed by atoms with Crippen molar-refractivity contribution in [2.24, 2.45) is 0 Å². The van der Waals surface area contributed by atoms with Crippen molar-refractivity contribution in [1.29, 1.82) is 0 Å². The number of hydrogen-bond acceptors (Lipinski definition) is 2. The first-order chi connectivity index (χ1) is 8.75. The van der Waals surface area contributed by atoms with Crippen LogP contribution in [0.1, 0.15) is 12.5 Å². The van der Waals surface area contributed by atoms with Crippen LogP contribution in [0.2, 0.25) is 0 Å². The van der Waals surface area contributed by atoms with Crippen molar-refractivity contribution in [2.75, 3.05) is 6.54 Å². The van der Waals surface area contributed by atoms with E-state index in [1.807, 2.05) is 36.5 Å². The van der Waals surface area contributed by atoms with Crippen molar-refractivity contribution < 1.29 is 4.79 Å². The number of nitrogens with zero attached hydrogens (tertiary/aromatic N) is 2. The molecule has 4 heteroatoms. The molecule has 0 aliphatic rings. The Morgan fingerprint density at radius 3 is 2.78 bits per heavy atom. The highest BCUT2D eigenvalue weighted by molar-refractivity contribution is 5.73. The standard InChI is InChI=1S/C14H13N3O/c1-12(18)15-9-2-4-13-5-7-14(8-6-13)17-11-3-10-16-17/h3,5-8,10-11H,9H2,1H3,(H,15,18). The molecule has 4 nitrogen and oxygen atoms in total. The Bertz CT molecular complexity index is 574. The summed E-state index contributed by atoms with van der Waals surface area (Å²) in [4.78, 5) is 10.6. The number of carbonyl (C=O) groups excluding carboxylic acids is 1. The molecule has 2 aromatic rings. The largest absolute Gasteiger partial charge is 0.345 e. The van der Waals surface area contributed by atoms with Crippen molar-refractivity contribution in [3.05, 3.63) is 48.3 Å². The van der Waals surface area contributed by atoms with Crippen LogP contribution in [0.4, 0.5) is 0 Å². The van der Waals surface area contributed by atoms with E-state index < -0.39 is 0 Å². The maximum atomic E-state index is 10.6. The fourth-order valence-electron chi connectivity index (χ4n) is 1.43. The molecule has 0 unspecified atom stereocenters. The molecule has 0 aliphatic heterocycles. The van der Waals surface area contributed by atoms with Gasteiger partial charge in [0.05, 0.1) is 12.2 Å². The number of nitrogens with one attached hydrogen (secondary N) is 1. The molecule has 1 aromatic heterocycles. The van der Waals surface area contributed by atoms with E-state index in [-0.39, 0.29) is 5.91 Å². The van der Waals surface area contributed by atoms with E-state index in [1.165, 1.54) is 6.92 Å². The van der Waals surface area contributed by atoms with E-state index in [2.05, 4.69) is 22.3 Å². The van der Waals surface area contributed by atoms with Gasteiger partial charge in [0.2, 0.25) is 5.91 Å². The molecule has 0 bridgehead atoms. The van der Waals surface area contributed by atoms with Gasteiger partial charge in [-0.05, 0) is 30.3 Å². The minimum absolute atomic E-state index is 0.0710. The summed E-state index contributed by atoms with van der Waals surface area (Å²) in [6, 6.07) is 9.64. The summed E-state index contributed by atoms with van der Waals surface area (Å²) < 4.78 is 1.79. The minimum atomic E-state index is -0.0710. The van der Waals surface area contributed by atoms with Crippen LogP contribution in [-0.4, -0.2) is 22.2 Å². The average Bonchev–Trinajstić information content (AvgIpc) is 2.89. The molecule has 0 radical (unpaired) electrons. The Kier molecular flexibility index (Phi) is 3.77. The Morgan fingerprint density at radius 2 is 2.17 bits per heavy atom. The average molecular weight is 239 g/mol. The van der Waals surface area contributed by atoms with Gasteiger partial charge in [-0.25, -0.2) is 4.68 Å². The number of carbonyl (C=O) groups is 1. The number of amides is 1. The van der Waals surface area contributed by atoms with Crippen LogP contribution in [0.3, 0.4) is 0 Å². The monoisotopic (exact) mass is 239 g/mol. The normalized spacial score (nSPS) is 9.39. The fraction of sp³-hybridized carbons (Fsp3) is 0.143. The third-order valence-corrected chi connectivity index (χ3v) is 2.29. The van der Waals surface area contributed by atoms with Gasteiger partial charge in [0.15, 0.2) is 0 Å². The SMILES string of the molecule is CC(=O)NCC#Cc1ccc(-n2cccn2)cc1. The van der Waals surface area contributed by atoms with Crippen LogP contribution in [0.25, 0.3) is 5.69 Å². The summed E-state index contributed by atoms with van der Waals surface area (Å²) in [5.41, 5.74) is 1.91. The second kappa shape index (κ2) is 5.69. The molecule has 90 valence electrons. The summed E-state index contributed by atoms with van der Waals surface area (Å²) in [7, 11) is 0. The topological polar surface area (TPSA) is 46.9 Å². The highest BCUT2D eigenvalue weighted by Gasteiger charge is 1.94. The zero-order valence-corrected chi connectivity index (χ0v) is 10.1. The highest BCUT2D eigenvalue weighted by Crippen LogP contribution is 2.07. The van der Waals surface area contributed by atoms with Crippen LogP contribution in [-0.2, 0) is 4.79 Å².